The molecule has 0 unspecified atom stereocenters. The van der Waals surface area contributed by atoms with Crippen molar-refractivity contribution in [2.45, 2.75) is 48.7 Å². The van der Waals surface area contributed by atoms with Crippen LogP contribution in [0.1, 0.15) is 41.9 Å². The largest absolute Gasteiger partial charge is 0.250 e. The van der Waals surface area contributed by atoms with E-state index in [1.165, 1.54) is 35.5 Å². The Kier molecular flexibility index (Phi) is 4.73. The summed E-state index contributed by atoms with van der Waals surface area (Å²) in [5, 5.41) is 2.09. The van der Waals surface area contributed by atoms with E-state index in [-0.39, 0.29) is 5.41 Å². The minimum Gasteiger partial charge on any atom is -0.210 e. The van der Waals surface area contributed by atoms with Gasteiger partial charge in [-0.05, 0) is 43.3 Å². The molecule has 1 N–H and O–H groups in total. The van der Waals surface area contributed by atoms with Gasteiger partial charge in [-0.3, -0.25) is 0 Å². The molecule has 2 aromatic rings. The van der Waals surface area contributed by atoms with Crippen LogP contribution < -0.4 is 4.72 Å². The number of hydrogen-bond acceptors (Lipinski definition) is 4. The summed E-state index contributed by atoms with van der Waals surface area (Å²) in [7, 11) is -3.39. The Morgan fingerprint density at radius 3 is 2.55 bits per heavy atom. The Morgan fingerprint density at radius 2 is 1.95 bits per heavy atom. The first kappa shape index (κ1) is 16.2. The van der Waals surface area contributed by atoms with Crippen LogP contribution in [-0.2, 0) is 15.4 Å². The summed E-state index contributed by atoms with van der Waals surface area (Å²) in [5.74, 6) is 0. The zero-order chi connectivity index (χ0) is 15.6. The fraction of sp³-hybridized carbons (Fsp3) is 0.500. The molecular weight excluding hydrogens is 334 g/mol. The Morgan fingerprint density at radius 1 is 1.18 bits per heavy atom. The van der Waals surface area contributed by atoms with E-state index in [1.54, 1.807) is 17.4 Å². The molecule has 3 nitrogen and oxygen atoms in total. The third-order valence-corrected chi connectivity index (χ3v) is 8.45. The van der Waals surface area contributed by atoms with Gasteiger partial charge < -0.3 is 0 Å². The summed E-state index contributed by atoms with van der Waals surface area (Å²) >= 11 is 3.08. The van der Waals surface area contributed by atoms with E-state index in [4.69, 9.17) is 0 Å². The summed E-state index contributed by atoms with van der Waals surface area (Å²) in [6.45, 7) is 2.44. The van der Waals surface area contributed by atoms with Crippen molar-refractivity contribution < 1.29 is 8.42 Å². The standard InChI is InChI=1S/C16H21NO2S3/c1-13-7-8-15(21-13)22(18,19)17-12-16(9-3-2-4-10-16)14-6-5-11-20-14/h5-8,11,17H,2-4,9-10,12H2,1H3. The van der Waals surface area contributed by atoms with Crippen LogP contribution >= 0.6 is 22.7 Å². The molecule has 120 valence electrons. The Balaban J connectivity index is 1.80. The van der Waals surface area contributed by atoms with Gasteiger partial charge in [0.05, 0.1) is 0 Å². The monoisotopic (exact) mass is 355 g/mol. The lowest BCUT2D eigenvalue weighted by atomic mass is 9.73. The highest BCUT2D eigenvalue weighted by molar-refractivity contribution is 7.91. The fourth-order valence-corrected chi connectivity index (χ4v) is 6.62. The lowest BCUT2D eigenvalue weighted by molar-refractivity contribution is 0.298. The second kappa shape index (κ2) is 6.43. The second-order valence-electron chi connectivity index (χ2n) is 6.01. The number of rotatable bonds is 5. The van der Waals surface area contributed by atoms with Crippen molar-refractivity contribution >= 4 is 32.7 Å². The van der Waals surface area contributed by atoms with Crippen LogP contribution in [-0.4, -0.2) is 15.0 Å². The van der Waals surface area contributed by atoms with Gasteiger partial charge in [-0.2, -0.15) is 0 Å². The van der Waals surface area contributed by atoms with Gasteiger partial charge in [-0.25, -0.2) is 13.1 Å². The zero-order valence-electron chi connectivity index (χ0n) is 12.7. The van der Waals surface area contributed by atoms with Crippen molar-refractivity contribution in [3.63, 3.8) is 0 Å². The lowest BCUT2D eigenvalue weighted by Crippen LogP contribution is -2.41. The van der Waals surface area contributed by atoms with Crippen molar-refractivity contribution in [2.24, 2.45) is 0 Å². The van der Waals surface area contributed by atoms with Gasteiger partial charge in [0.1, 0.15) is 4.21 Å². The SMILES string of the molecule is Cc1ccc(S(=O)(=O)NCC2(c3cccs3)CCCCC2)s1. The molecule has 3 rings (SSSR count). The number of sulfonamides is 1. The minimum absolute atomic E-state index is 0.0220. The molecule has 1 aliphatic rings. The van der Waals surface area contributed by atoms with Crippen molar-refractivity contribution in [1.82, 2.24) is 4.72 Å². The molecule has 0 radical (unpaired) electrons. The highest BCUT2D eigenvalue weighted by Gasteiger charge is 2.36. The molecule has 0 aliphatic heterocycles. The maximum absolute atomic E-state index is 12.5. The minimum atomic E-state index is -3.39. The Hall–Kier alpha value is -0.690. The smallest absolute Gasteiger partial charge is 0.210 e. The first-order chi connectivity index (χ1) is 10.5. The third kappa shape index (κ3) is 3.30. The third-order valence-electron chi connectivity index (χ3n) is 4.44. The number of thiophene rings is 2. The van der Waals surface area contributed by atoms with E-state index in [1.807, 2.05) is 13.0 Å². The quantitative estimate of drug-likeness (QED) is 0.869. The molecular formula is C16H21NO2S3. The van der Waals surface area contributed by atoms with E-state index in [2.05, 4.69) is 22.2 Å². The first-order valence-electron chi connectivity index (χ1n) is 7.62. The van der Waals surface area contributed by atoms with Gasteiger partial charge in [0.15, 0.2) is 0 Å². The van der Waals surface area contributed by atoms with Gasteiger partial charge in [0.25, 0.3) is 0 Å². The predicted octanol–water partition coefficient (Wildman–Crippen LogP) is 4.30. The van der Waals surface area contributed by atoms with Crippen molar-refractivity contribution in [1.29, 1.82) is 0 Å². The molecule has 0 atom stereocenters. The van der Waals surface area contributed by atoms with Gasteiger partial charge in [0, 0.05) is 21.7 Å². The van der Waals surface area contributed by atoms with E-state index < -0.39 is 10.0 Å². The van der Waals surface area contributed by atoms with Crippen LogP contribution in [0.25, 0.3) is 0 Å². The van der Waals surface area contributed by atoms with Crippen molar-refractivity contribution in [3.05, 3.63) is 39.4 Å². The highest BCUT2D eigenvalue weighted by atomic mass is 32.2. The first-order valence-corrected chi connectivity index (χ1v) is 10.8. The van der Waals surface area contributed by atoms with E-state index in [9.17, 15) is 8.42 Å². The van der Waals surface area contributed by atoms with Crippen LogP contribution in [0.3, 0.4) is 0 Å². The number of aryl methyl sites for hydroxylation is 1. The normalized spacial score (nSPS) is 18.4. The van der Waals surface area contributed by atoms with Crippen molar-refractivity contribution in [3.8, 4) is 0 Å². The van der Waals surface area contributed by atoms with Crippen LogP contribution in [0.5, 0.6) is 0 Å². The average molecular weight is 356 g/mol. The molecule has 0 aromatic carbocycles. The van der Waals surface area contributed by atoms with E-state index in [0.717, 1.165) is 17.7 Å². The summed E-state index contributed by atoms with van der Waals surface area (Å²) in [4.78, 5) is 2.34. The second-order valence-corrected chi connectivity index (χ2v) is 10.2. The topological polar surface area (TPSA) is 46.2 Å². The van der Waals surface area contributed by atoms with Crippen molar-refractivity contribution in [2.75, 3.05) is 6.54 Å². The molecule has 0 bridgehead atoms. The number of nitrogens with one attached hydrogen (secondary N) is 1. The van der Waals surface area contributed by atoms with Crippen LogP contribution in [0, 0.1) is 6.92 Å². The average Bonchev–Trinajstić information content (AvgIpc) is 3.18. The van der Waals surface area contributed by atoms with E-state index >= 15 is 0 Å². The van der Waals surface area contributed by atoms with Gasteiger partial charge in [-0.1, -0.05) is 25.3 Å². The molecule has 1 saturated carbocycles. The molecule has 0 saturated heterocycles. The van der Waals surface area contributed by atoms with Gasteiger partial charge in [-0.15, -0.1) is 22.7 Å². The highest BCUT2D eigenvalue weighted by Crippen LogP contribution is 2.41. The van der Waals surface area contributed by atoms with E-state index in [0.29, 0.717) is 10.8 Å². The molecule has 1 fully saturated rings. The van der Waals surface area contributed by atoms with Crippen LogP contribution in [0.2, 0.25) is 0 Å². The maximum atomic E-state index is 12.5. The Bertz CT molecular complexity index is 710. The van der Waals surface area contributed by atoms with Gasteiger partial charge in [0.2, 0.25) is 10.0 Å². The predicted molar refractivity (Wildman–Crippen MR) is 93.3 cm³/mol. The summed E-state index contributed by atoms with van der Waals surface area (Å²) in [5.41, 5.74) is -0.0220. The summed E-state index contributed by atoms with van der Waals surface area (Å²) in [6, 6.07) is 7.77. The van der Waals surface area contributed by atoms with Crippen LogP contribution in [0.4, 0.5) is 0 Å². The molecule has 6 heteroatoms. The van der Waals surface area contributed by atoms with Crippen LogP contribution in [0.15, 0.2) is 33.9 Å². The summed E-state index contributed by atoms with van der Waals surface area (Å²) in [6.07, 6.45) is 5.75. The maximum Gasteiger partial charge on any atom is 0.250 e. The van der Waals surface area contributed by atoms with Gasteiger partial charge >= 0.3 is 0 Å². The lowest BCUT2D eigenvalue weighted by Gasteiger charge is -2.36. The molecule has 2 aromatic heterocycles. The Labute approximate surface area is 140 Å². The molecule has 1 aliphatic carbocycles. The number of hydrogen-bond donors (Lipinski definition) is 1. The molecule has 0 spiro atoms. The zero-order valence-corrected chi connectivity index (χ0v) is 15.1. The summed E-state index contributed by atoms with van der Waals surface area (Å²) < 4.78 is 28.3. The molecule has 22 heavy (non-hydrogen) atoms. The molecule has 2 heterocycles. The molecule has 0 amide bonds. The fourth-order valence-electron chi connectivity index (χ4n) is 3.18.